The molecule has 6 heteroatoms. The van der Waals surface area contributed by atoms with Gasteiger partial charge in [0.05, 0.1) is 12.2 Å². The van der Waals surface area contributed by atoms with Gasteiger partial charge in [-0.2, -0.15) is 5.26 Å². The van der Waals surface area contributed by atoms with Crippen molar-refractivity contribution in [2.75, 3.05) is 19.8 Å². The van der Waals surface area contributed by atoms with Gasteiger partial charge in [-0.3, -0.25) is 4.79 Å². The van der Waals surface area contributed by atoms with E-state index >= 15 is 0 Å². The molecule has 3 aromatic carbocycles. The Morgan fingerprint density at radius 1 is 1.08 bits per heavy atom. The fraction of sp³-hybridized carbons (Fsp3) is 0.400. The lowest BCUT2D eigenvalue weighted by Crippen LogP contribution is -2.46. The zero-order chi connectivity index (χ0) is 26.0. The maximum absolute atomic E-state index is 11.5. The van der Waals surface area contributed by atoms with Crippen molar-refractivity contribution in [1.29, 1.82) is 5.26 Å². The monoisotopic (exact) mass is 488 g/mol. The number of aliphatic hydroxyl groups excluding tert-OH is 1. The Labute approximate surface area is 213 Å². The van der Waals surface area contributed by atoms with E-state index in [9.17, 15) is 15.2 Å². The summed E-state index contributed by atoms with van der Waals surface area (Å²) in [6.45, 7) is 6.83. The largest absolute Gasteiger partial charge is 0.489 e. The number of rotatable bonds is 13. The predicted molar refractivity (Wildman–Crippen MR) is 142 cm³/mol. The Morgan fingerprint density at radius 2 is 1.83 bits per heavy atom. The van der Waals surface area contributed by atoms with Gasteiger partial charge in [0, 0.05) is 18.5 Å². The second-order valence-electron chi connectivity index (χ2n) is 9.69. The van der Waals surface area contributed by atoms with Crippen LogP contribution in [0.15, 0.2) is 60.7 Å². The third-order valence-electron chi connectivity index (χ3n) is 6.03. The van der Waals surface area contributed by atoms with Crippen LogP contribution in [0.4, 0.5) is 0 Å². The van der Waals surface area contributed by atoms with Crippen LogP contribution in [0.3, 0.4) is 0 Å². The number of nitriles is 1. The molecule has 0 aromatic heterocycles. The summed E-state index contributed by atoms with van der Waals surface area (Å²) in [6.07, 6.45) is 1.76. The van der Waals surface area contributed by atoms with Gasteiger partial charge in [0.25, 0.3) is 0 Å². The molecule has 0 aliphatic heterocycles. The van der Waals surface area contributed by atoms with Crippen LogP contribution in [0.5, 0.6) is 5.75 Å². The Balaban J connectivity index is 1.50. The molecule has 0 unspecified atom stereocenters. The first-order chi connectivity index (χ1) is 17.3. The first-order valence-corrected chi connectivity index (χ1v) is 12.5. The molecule has 0 spiro atoms. The summed E-state index contributed by atoms with van der Waals surface area (Å²) in [4.78, 5) is 11.5. The lowest BCUT2D eigenvalue weighted by Gasteiger charge is -2.28. The lowest BCUT2D eigenvalue weighted by molar-refractivity contribution is -0.143. The molecule has 0 heterocycles. The standard InChI is InChI=1S/C30H36N2O4/c1-4-35-29(34)11-7-8-22-12-15-26(19-31)28(17-22)36-21-27(33)20-32-30(2,3)18-23-13-14-24-9-5-6-10-25(24)16-23/h5-6,9-10,12-17,27,32-33H,4,7-8,11,18,20-21H2,1-3H3/t27-/m1/s1. The van der Waals surface area contributed by atoms with Crippen LogP contribution in [-0.2, 0) is 22.4 Å². The molecule has 0 bridgehead atoms. The van der Waals surface area contributed by atoms with E-state index in [0.29, 0.717) is 43.7 Å². The maximum atomic E-state index is 11.5. The minimum Gasteiger partial charge on any atom is -0.489 e. The Bertz CT molecular complexity index is 1200. The Kier molecular flexibility index (Phi) is 9.86. The van der Waals surface area contributed by atoms with E-state index in [4.69, 9.17) is 9.47 Å². The summed E-state index contributed by atoms with van der Waals surface area (Å²) in [5.74, 6) is 0.238. The summed E-state index contributed by atoms with van der Waals surface area (Å²) >= 11 is 0. The van der Waals surface area contributed by atoms with Crippen LogP contribution in [-0.4, -0.2) is 42.5 Å². The van der Waals surface area contributed by atoms with E-state index in [1.807, 2.05) is 24.3 Å². The molecule has 6 nitrogen and oxygen atoms in total. The van der Waals surface area contributed by atoms with Gasteiger partial charge in [-0.15, -0.1) is 0 Å². The van der Waals surface area contributed by atoms with Crippen molar-refractivity contribution >= 4 is 16.7 Å². The minimum atomic E-state index is -0.736. The Morgan fingerprint density at radius 3 is 2.58 bits per heavy atom. The fourth-order valence-corrected chi connectivity index (χ4v) is 4.16. The smallest absolute Gasteiger partial charge is 0.305 e. The van der Waals surface area contributed by atoms with Crippen molar-refractivity contribution < 1.29 is 19.4 Å². The summed E-state index contributed by atoms with van der Waals surface area (Å²) in [5, 5.41) is 25.9. The molecule has 0 aliphatic rings. The van der Waals surface area contributed by atoms with Gasteiger partial charge in [0.2, 0.25) is 0 Å². The number of β-amino-alcohol motifs (C(OH)–C–C–N with tert-alkyl or cyclic N) is 1. The second-order valence-corrected chi connectivity index (χ2v) is 9.69. The molecule has 0 amide bonds. The number of fused-ring (bicyclic) bond motifs is 1. The minimum absolute atomic E-state index is 0.0695. The third-order valence-corrected chi connectivity index (χ3v) is 6.03. The third kappa shape index (κ3) is 8.37. The van der Waals surface area contributed by atoms with Crippen molar-refractivity contribution in [2.45, 2.75) is 58.1 Å². The average Bonchev–Trinajstić information content (AvgIpc) is 2.86. The molecule has 0 saturated heterocycles. The molecular formula is C30H36N2O4. The average molecular weight is 489 g/mol. The number of carbonyl (C=O) groups is 1. The number of esters is 1. The van der Waals surface area contributed by atoms with Gasteiger partial charge in [-0.1, -0.05) is 48.5 Å². The van der Waals surface area contributed by atoms with Crippen LogP contribution >= 0.6 is 0 Å². The number of benzene rings is 3. The number of aliphatic hydroxyl groups is 1. The molecule has 2 N–H and O–H groups in total. The zero-order valence-electron chi connectivity index (χ0n) is 21.4. The SMILES string of the molecule is CCOC(=O)CCCc1ccc(C#N)c(OC[C@H](O)CNC(C)(C)Cc2ccc3ccccc3c2)c1. The number of nitrogens with zero attached hydrogens (tertiary/aromatic N) is 1. The van der Waals surface area contributed by atoms with E-state index in [2.05, 4.69) is 55.6 Å². The van der Waals surface area contributed by atoms with Crippen LogP contribution in [0.25, 0.3) is 10.8 Å². The van der Waals surface area contributed by atoms with E-state index in [-0.39, 0.29) is 18.1 Å². The molecule has 36 heavy (non-hydrogen) atoms. The van der Waals surface area contributed by atoms with Gasteiger partial charge in [-0.25, -0.2) is 0 Å². The van der Waals surface area contributed by atoms with E-state index in [1.54, 1.807) is 13.0 Å². The van der Waals surface area contributed by atoms with E-state index < -0.39 is 6.10 Å². The van der Waals surface area contributed by atoms with Gasteiger partial charge < -0.3 is 19.9 Å². The van der Waals surface area contributed by atoms with Crippen molar-refractivity contribution in [3.63, 3.8) is 0 Å². The van der Waals surface area contributed by atoms with E-state index in [0.717, 1.165) is 12.0 Å². The van der Waals surface area contributed by atoms with Crippen molar-refractivity contribution in [2.24, 2.45) is 0 Å². The molecule has 190 valence electrons. The van der Waals surface area contributed by atoms with Crippen molar-refractivity contribution in [3.8, 4) is 11.8 Å². The first kappa shape index (κ1) is 27.2. The number of hydrogen-bond acceptors (Lipinski definition) is 6. The molecule has 0 saturated carbocycles. The topological polar surface area (TPSA) is 91.6 Å². The molecular weight excluding hydrogens is 452 g/mol. The van der Waals surface area contributed by atoms with Crippen molar-refractivity contribution in [1.82, 2.24) is 5.32 Å². The summed E-state index contributed by atoms with van der Waals surface area (Å²) in [7, 11) is 0. The molecule has 3 aromatic rings. The second kappa shape index (κ2) is 13.1. The molecule has 0 aliphatic carbocycles. The number of ether oxygens (including phenoxy) is 2. The highest BCUT2D eigenvalue weighted by atomic mass is 16.5. The molecule has 3 rings (SSSR count). The van der Waals surface area contributed by atoms with Crippen LogP contribution in [0.1, 0.15) is 50.3 Å². The number of carbonyl (C=O) groups excluding carboxylic acids is 1. The molecule has 0 fully saturated rings. The highest BCUT2D eigenvalue weighted by Gasteiger charge is 2.20. The zero-order valence-corrected chi connectivity index (χ0v) is 21.4. The molecule has 0 radical (unpaired) electrons. The van der Waals surface area contributed by atoms with Crippen LogP contribution < -0.4 is 10.1 Å². The number of nitrogens with one attached hydrogen (secondary N) is 1. The van der Waals surface area contributed by atoms with Gasteiger partial charge in [0.1, 0.15) is 24.5 Å². The lowest BCUT2D eigenvalue weighted by atomic mass is 9.93. The molecule has 1 atom stereocenters. The van der Waals surface area contributed by atoms with E-state index in [1.165, 1.54) is 16.3 Å². The van der Waals surface area contributed by atoms with Crippen molar-refractivity contribution in [3.05, 3.63) is 77.4 Å². The summed E-state index contributed by atoms with van der Waals surface area (Å²) in [6, 6.07) is 22.3. The van der Waals surface area contributed by atoms with Gasteiger partial charge in [-0.05, 0) is 74.1 Å². The Hall–Kier alpha value is -3.40. The number of aryl methyl sites for hydroxylation is 1. The quantitative estimate of drug-likeness (QED) is 0.331. The first-order valence-electron chi connectivity index (χ1n) is 12.5. The maximum Gasteiger partial charge on any atom is 0.305 e. The van der Waals surface area contributed by atoms with Crippen LogP contribution in [0.2, 0.25) is 0 Å². The highest BCUT2D eigenvalue weighted by Crippen LogP contribution is 2.22. The fourth-order valence-electron chi connectivity index (χ4n) is 4.16. The van der Waals surface area contributed by atoms with Gasteiger partial charge in [0.15, 0.2) is 0 Å². The highest BCUT2D eigenvalue weighted by molar-refractivity contribution is 5.83. The number of hydrogen-bond donors (Lipinski definition) is 2. The normalized spacial score (nSPS) is 12.2. The summed E-state index contributed by atoms with van der Waals surface area (Å²) < 4.78 is 10.8. The van der Waals surface area contributed by atoms with Crippen LogP contribution in [0, 0.1) is 11.3 Å². The summed E-state index contributed by atoms with van der Waals surface area (Å²) in [5.41, 5.74) is 2.40. The van der Waals surface area contributed by atoms with Gasteiger partial charge >= 0.3 is 5.97 Å². The predicted octanol–water partition coefficient (Wildman–Crippen LogP) is 4.95.